The van der Waals surface area contributed by atoms with E-state index in [0.717, 1.165) is 5.56 Å². The minimum Gasteiger partial charge on any atom is -0.479 e. The number of benzene rings is 2. The number of hydrogen-bond acceptors (Lipinski definition) is 4. The Morgan fingerprint density at radius 2 is 1.79 bits per heavy atom. The minimum atomic E-state index is -0.591. The van der Waals surface area contributed by atoms with Gasteiger partial charge in [0.2, 0.25) is 11.8 Å². The number of rotatable bonds is 6. The van der Waals surface area contributed by atoms with Gasteiger partial charge in [0.1, 0.15) is 5.75 Å². The predicted molar refractivity (Wildman–Crippen MR) is 106 cm³/mol. The molecule has 146 valence electrons. The van der Waals surface area contributed by atoms with Crippen molar-refractivity contribution < 1.29 is 19.1 Å². The SMILES string of the molecule is CNC(=O)Cc1ccccc1NC(=O)CCN1C(=O)C(C)Oc2ccccc21. The average molecular weight is 381 g/mol. The number of ether oxygens (including phenoxy) is 1. The van der Waals surface area contributed by atoms with Gasteiger partial charge in [0.05, 0.1) is 12.1 Å². The second-order valence-corrected chi connectivity index (χ2v) is 6.52. The highest BCUT2D eigenvalue weighted by molar-refractivity contribution is 6.01. The summed E-state index contributed by atoms with van der Waals surface area (Å²) in [7, 11) is 1.57. The zero-order valence-corrected chi connectivity index (χ0v) is 15.9. The summed E-state index contributed by atoms with van der Waals surface area (Å²) >= 11 is 0. The number of nitrogens with one attached hydrogen (secondary N) is 2. The molecule has 1 unspecified atom stereocenters. The van der Waals surface area contributed by atoms with E-state index in [0.29, 0.717) is 17.1 Å². The molecule has 0 radical (unpaired) electrons. The number of amides is 3. The van der Waals surface area contributed by atoms with E-state index >= 15 is 0 Å². The third-order valence-electron chi connectivity index (χ3n) is 4.56. The Morgan fingerprint density at radius 3 is 2.57 bits per heavy atom. The van der Waals surface area contributed by atoms with Crippen LogP contribution in [0.2, 0.25) is 0 Å². The van der Waals surface area contributed by atoms with Crippen LogP contribution in [-0.2, 0) is 20.8 Å². The number of carbonyl (C=O) groups is 3. The summed E-state index contributed by atoms with van der Waals surface area (Å²) in [5.74, 6) is 0.0949. The average Bonchev–Trinajstić information content (AvgIpc) is 2.69. The molecule has 0 aromatic heterocycles. The van der Waals surface area contributed by atoms with Crippen molar-refractivity contribution in [1.29, 1.82) is 0 Å². The van der Waals surface area contributed by atoms with Crippen molar-refractivity contribution in [3.63, 3.8) is 0 Å². The van der Waals surface area contributed by atoms with Crippen LogP contribution in [-0.4, -0.2) is 37.4 Å². The Morgan fingerprint density at radius 1 is 1.07 bits per heavy atom. The highest BCUT2D eigenvalue weighted by atomic mass is 16.5. The summed E-state index contributed by atoms with van der Waals surface area (Å²) in [6.07, 6.45) is -0.285. The predicted octanol–water partition coefficient (Wildman–Crippen LogP) is 2.12. The van der Waals surface area contributed by atoms with Gasteiger partial charge in [0, 0.05) is 25.7 Å². The molecule has 28 heavy (non-hydrogen) atoms. The number of para-hydroxylation sites is 3. The first-order valence-corrected chi connectivity index (χ1v) is 9.15. The molecule has 0 bridgehead atoms. The molecular weight excluding hydrogens is 358 g/mol. The van der Waals surface area contributed by atoms with Gasteiger partial charge in [0.25, 0.3) is 5.91 Å². The first kappa shape index (κ1) is 19.4. The zero-order valence-electron chi connectivity index (χ0n) is 15.9. The van der Waals surface area contributed by atoms with Crippen LogP contribution < -0.4 is 20.3 Å². The van der Waals surface area contributed by atoms with Gasteiger partial charge in [-0.15, -0.1) is 0 Å². The maximum Gasteiger partial charge on any atom is 0.267 e. The molecule has 0 spiro atoms. The van der Waals surface area contributed by atoms with Crippen LogP contribution in [0.1, 0.15) is 18.9 Å². The van der Waals surface area contributed by atoms with E-state index in [1.165, 1.54) is 0 Å². The second-order valence-electron chi connectivity index (χ2n) is 6.52. The Kier molecular flexibility index (Phi) is 5.93. The second kappa shape index (κ2) is 8.56. The lowest BCUT2D eigenvalue weighted by Gasteiger charge is -2.32. The molecule has 7 nitrogen and oxygen atoms in total. The standard InChI is InChI=1S/C21H23N3O4/c1-14-21(27)24(17-9-5-6-10-18(17)28-14)12-11-19(25)23-16-8-4-3-7-15(16)13-20(26)22-2/h3-10,14H,11-13H2,1-2H3,(H,22,26)(H,23,25). The smallest absolute Gasteiger partial charge is 0.267 e. The van der Waals surface area contributed by atoms with E-state index in [1.54, 1.807) is 49.2 Å². The third-order valence-corrected chi connectivity index (χ3v) is 4.56. The lowest BCUT2D eigenvalue weighted by Crippen LogP contribution is -2.45. The van der Waals surface area contributed by atoms with Gasteiger partial charge in [0.15, 0.2) is 6.10 Å². The molecule has 2 aromatic rings. The number of likely N-dealkylation sites (N-methyl/N-ethyl adjacent to an activating group) is 1. The molecule has 3 rings (SSSR count). The van der Waals surface area contributed by atoms with Crippen molar-refractivity contribution in [2.75, 3.05) is 23.8 Å². The van der Waals surface area contributed by atoms with Crippen LogP contribution in [0.15, 0.2) is 48.5 Å². The van der Waals surface area contributed by atoms with Crippen LogP contribution in [0.25, 0.3) is 0 Å². The summed E-state index contributed by atoms with van der Waals surface area (Å²) in [6.45, 7) is 1.94. The molecule has 1 aliphatic heterocycles. The molecule has 2 aromatic carbocycles. The molecule has 7 heteroatoms. The number of nitrogens with zero attached hydrogens (tertiary/aromatic N) is 1. The molecular formula is C21H23N3O4. The van der Waals surface area contributed by atoms with Crippen molar-refractivity contribution >= 4 is 29.1 Å². The van der Waals surface area contributed by atoms with Gasteiger partial charge in [-0.1, -0.05) is 30.3 Å². The van der Waals surface area contributed by atoms with Crippen molar-refractivity contribution in [2.45, 2.75) is 25.9 Å². The minimum absolute atomic E-state index is 0.126. The quantitative estimate of drug-likeness (QED) is 0.802. The summed E-state index contributed by atoms with van der Waals surface area (Å²) in [4.78, 5) is 38.2. The Balaban J connectivity index is 1.67. The van der Waals surface area contributed by atoms with Gasteiger partial charge < -0.3 is 20.3 Å². The molecule has 1 aliphatic rings. The number of hydrogen-bond donors (Lipinski definition) is 2. The normalized spacial score (nSPS) is 15.4. The lowest BCUT2D eigenvalue weighted by atomic mass is 10.1. The van der Waals surface area contributed by atoms with Gasteiger partial charge >= 0.3 is 0 Å². The van der Waals surface area contributed by atoms with Crippen LogP contribution >= 0.6 is 0 Å². The van der Waals surface area contributed by atoms with Gasteiger partial charge in [-0.25, -0.2) is 0 Å². The van der Waals surface area contributed by atoms with E-state index in [4.69, 9.17) is 4.74 Å². The lowest BCUT2D eigenvalue weighted by molar-refractivity contribution is -0.125. The van der Waals surface area contributed by atoms with E-state index in [2.05, 4.69) is 10.6 Å². The fourth-order valence-electron chi connectivity index (χ4n) is 3.07. The molecule has 2 N–H and O–H groups in total. The Bertz CT molecular complexity index is 897. The van der Waals surface area contributed by atoms with E-state index in [-0.39, 0.29) is 37.1 Å². The Hall–Kier alpha value is -3.35. The number of anilines is 2. The summed E-state index contributed by atoms with van der Waals surface area (Å²) in [5, 5.41) is 5.41. The molecule has 0 saturated carbocycles. The van der Waals surface area contributed by atoms with E-state index in [9.17, 15) is 14.4 Å². The van der Waals surface area contributed by atoms with E-state index < -0.39 is 6.10 Å². The molecule has 0 aliphatic carbocycles. The summed E-state index contributed by atoms with van der Waals surface area (Å²) in [6, 6.07) is 14.5. The summed E-state index contributed by atoms with van der Waals surface area (Å²) in [5.41, 5.74) is 1.99. The van der Waals surface area contributed by atoms with Crippen molar-refractivity contribution in [1.82, 2.24) is 5.32 Å². The Labute approximate surface area is 163 Å². The van der Waals surface area contributed by atoms with Crippen molar-refractivity contribution in [3.05, 3.63) is 54.1 Å². The van der Waals surface area contributed by atoms with Crippen LogP contribution in [0.3, 0.4) is 0 Å². The maximum absolute atomic E-state index is 12.5. The highest BCUT2D eigenvalue weighted by Gasteiger charge is 2.31. The number of carbonyl (C=O) groups excluding carboxylic acids is 3. The molecule has 1 heterocycles. The van der Waals surface area contributed by atoms with Gasteiger partial charge in [-0.3, -0.25) is 14.4 Å². The third kappa shape index (κ3) is 4.31. The highest BCUT2D eigenvalue weighted by Crippen LogP contribution is 2.33. The number of fused-ring (bicyclic) bond motifs is 1. The van der Waals surface area contributed by atoms with Crippen molar-refractivity contribution in [3.8, 4) is 5.75 Å². The van der Waals surface area contributed by atoms with Gasteiger partial charge in [-0.2, -0.15) is 0 Å². The van der Waals surface area contributed by atoms with Crippen molar-refractivity contribution in [2.24, 2.45) is 0 Å². The molecule has 0 fully saturated rings. The maximum atomic E-state index is 12.5. The fourth-order valence-corrected chi connectivity index (χ4v) is 3.07. The fraction of sp³-hybridized carbons (Fsp3) is 0.286. The van der Waals surface area contributed by atoms with Crippen LogP contribution in [0.5, 0.6) is 5.75 Å². The van der Waals surface area contributed by atoms with Crippen LogP contribution in [0, 0.1) is 0 Å². The monoisotopic (exact) mass is 381 g/mol. The molecule has 0 saturated heterocycles. The van der Waals surface area contributed by atoms with Gasteiger partial charge in [-0.05, 0) is 30.7 Å². The summed E-state index contributed by atoms with van der Waals surface area (Å²) < 4.78 is 5.61. The van der Waals surface area contributed by atoms with Crippen LogP contribution in [0.4, 0.5) is 11.4 Å². The molecule has 3 amide bonds. The zero-order chi connectivity index (χ0) is 20.1. The first-order chi connectivity index (χ1) is 13.5. The molecule has 1 atom stereocenters. The topological polar surface area (TPSA) is 87.7 Å². The van der Waals surface area contributed by atoms with E-state index in [1.807, 2.05) is 18.2 Å². The largest absolute Gasteiger partial charge is 0.479 e. The first-order valence-electron chi connectivity index (χ1n) is 9.15.